The maximum Gasteiger partial charge on any atom is 0.325 e. The van der Waals surface area contributed by atoms with Crippen LogP contribution in [-0.2, 0) is 16.0 Å². The normalized spacial score (nSPS) is 24.3. The Balaban J connectivity index is 2.10. The number of carboxylic acid groups (broad SMARTS) is 1. The SMILES string of the molecule is CCCC[C@H]1CN(C(=O)C(CC)Cc2ccccc2)C[C@@]1(N)C(=O)O. The smallest absolute Gasteiger partial charge is 0.325 e. The summed E-state index contributed by atoms with van der Waals surface area (Å²) in [5, 5.41) is 9.61. The van der Waals surface area contributed by atoms with E-state index in [1.165, 1.54) is 0 Å². The molecule has 25 heavy (non-hydrogen) atoms. The number of unbranched alkanes of at least 4 members (excludes halogenated alkanes) is 1. The summed E-state index contributed by atoms with van der Waals surface area (Å²) in [5.74, 6) is -1.28. The highest BCUT2D eigenvalue weighted by molar-refractivity contribution is 5.84. The number of benzene rings is 1. The predicted octanol–water partition coefficient (Wildman–Crippen LogP) is 2.69. The van der Waals surface area contributed by atoms with Crippen LogP contribution in [0.2, 0.25) is 0 Å². The van der Waals surface area contributed by atoms with Gasteiger partial charge in [0.25, 0.3) is 0 Å². The number of aliphatic carboxylic acids is 1. The summed E-state index contributed by atoms with van der Waals surface area (Å²) < 4.78 is 0. The minimum atomic E-state index is -1.32. The first kappa shape index (κ1) is 19.4. The van der Waals surface area contributed by atoms with Crippen LogP contribution in [-0.4, -0.2) is 40.5 Å². The molecule has 0 radical (unpaired) electrons. The van der Waals surface area contributed by atoms with Gasteiger partial charge >= 0.3 is 5.97 Å². The van der Waals surface area contributed by atoms with Gasteiger partial charge < -0.3 is 15.7 Å². The molecule has 5 nitrogen and oxygen atoms in total. The molecule has 3 N–H and O–H groups in total. The van der Waals surface area contributed by atoms with Crippen molar-refractivity contribution in [1.29, 1.82) is 0 Å². The molecular weight excluding hydrogens is 316 g/mol. The summed E-state index contributed by atoms with van der Waals surface area (Å²) >= 11 is 0. The molecule has 1 amide bonds. The van der Waals surface area contributed by atoms with Crippen LogP contribution in [0.1, 0.15) is 45.1 Å². The number of carbonyl (C=O) groups excluding carboxylic acids is 1. The van der Waals surface area contributed by atoms with Crippen molar-refractivity contribution in [2.75, 3.05) is 13.1 Å². The zero-order valence-electron chi connectivity index (χ0n) is 15.3. The molecule has 1 heterocycles. The van der Waals surface area contributed by atoms with Crippen molar-refractivity contribution in [3.63, 3.8) is 0 Å². The van der Waals surface area contributed by atoms with Gasteiger partial charge in [0.2, 0.25) is 5.91 Å². The van der Waals surface area contributed by atoms with E-state index in [-0.39, 0.29) is 24.3 Å². The lowest BCUT2D eigenvalue weighted by molar-refractivity contribution is -0.144. The number of carboxylic acids is 1. The number of likely N-dealkylation sites (tertiary alicyclic amines) is 1. The summed E-state index contributed by atoms with van der Waals surface area (Å²) in [6.07, 6.45) is 4.08. The number of nitrogens with two attached hydrogens (primary N) is 1. The Bertz CT molecular complexity index is 590. The molecular formula is C20H30N2O3. The molecule has 0 saturated carbocycles. The summed E-state index contributed by atoms with van der Waals surface area (Å²) in [7, 11) is 0. The van der Waals surface area contributed by atoms with Crippen LogP contribution >= 0.6 is 0 Å². The lowest BCUT2D eigenvalue weighted by Gasteiger charge is -2.25. The van der Waals surface area contributed by atoms with E-state index in [9.17, 15) is 14.7 Å². The molecule has 1 fully saturated rings. The maximum atomic E-state index is 13.0. The lowest BCUT2D eigenvalue weighted by atomic mass is 9.84. The zero-order valence-corrected chi connectivity index (χ0v) is 15.3. The van der Waals surface area contributed by atoms with Crippen molar-refractivity contribution in [1.82, 2.24) is 4.90 Å². The molecule has 1 aliphatic rings. The second-order valence-corrected chi connectivity index (χ2v) is 7.20. The van der Waals surface area contributed by atoms with Crippen molar-refractivity contribution in [3.05, 3.63) is 35.9 Å². The summed E-state index contributed by atoms with van der Waals surface area (Å²) in [6, 6.07) is 9.95. The third-order valence-corrected chi connectivity index (χ3v) is 5.40. The number of rotatable bonds is 8. The van der Waals surface area contributed by atoms with Crippen LogP contribution in [0.15, 0.2) is 30.3 Å². The van der Waals surface area contributed by atoms with E-state index in [4.69, 9.17) is 5.73 Å². The molecule has 1 aromatic rings. The van der Waals surface area contributed by atoms with Gasteiger partial charge in [0, 0.05) is 24.9 Å². The quantitative estimate of drug-likeness (QED) is 0.758. The average Bonchev–Trinajstić information content (AvgIpc) is 2.96. The largest absolute Gasteiger partial charge is 0.480 e. The van der Waals surface area contributed by atoms with Gasteiger partial charge in [-0.1, -0.05) is 57.0 Å². The van der Waals surface area contributed by atoms with Gasteiger partial charge in [-0.25, -0.2) is 0 Å². The van der Waals surface area contributed by atoms with Crippen molar-refractivity contribution in [3.8, 4) is 0 Å². The Labute approximate surface area is 150 Å². The molecule has 0 aromatic heterocycles. The van der Waals surface area contributed by atoms with E-state index in [1.807, 2.05) is 37.3 Å². The van der Waals surface area contributed by atoms with E-state index in [0.29, 0.717) is 13.0 Å². The molecule has 1 aromatic carbocycles. The third kappa shape index (κ3) is 4.40. The molecule has 0 bridgehead atoms. The molecule has 0 spiro atoms. The fourth-order valence-electron chi connectivity index (χ4n) is 3.71. The molecule has 5 heteroatoms. The molecule has 138 valence electrons. The van der Waals surface area contributed by atoms with Gasteiger partial charge in [0.15, 0.2) is 0 Å². The standard InChI is InChI=1S/C20H30N2O3/c1-3-5-11-17-13-22(14-20(17,21)19(24)25)18(23)16(4-2)12-15-9-7-6-8-10-15/h6-10,16-17H,3-5,11-14,21H2,1-2H3,(H,24,25)/t16?,17-,20-/m0/s1. The molecule has 1 aliphatic heterocycles. The van der Waals surface area contributed by atoms with Crippen LogP contribution in [0.3, 0.4) is 0 Å². The van der Waals surface area contributed by atoms with Crippen LogP contribution in [0.4, 0.5) is 0 Å². The zero-order chi connectivity index (χ0) is 18.4. The Morgan fingerprint density at radius 3 is 2.56 bits per heavy atom. The Morgan fingerprint density at radius 1 is 1.32 bits per heavy atom. The first-order valence-corrected chi connectivity index (χ1v) is 9.27. The maximum absolute atomic E-state index is 13.0. The fourth-order valence-corrected chi connectivity index (χ4v) is 3.71. The van der Waals surface area contributed by atoms with Crippen LogP contribution in [0.5, 0.6) is 0 Å². The number of nitrogens with zero attached hydrogens (tertiary/aromatic N) is 1. The van der Waals surface area contributed by atoms with E-state index >= 15 is 0 Å². The first-order chi connectivity index (χ1) is 11.9. The lowest BCUT2D eigenvalue weighted by Crippen LogP contribution is -2.55. The third-order valence-electron chi connectivity index (χ3n) is 5.40. The van der Waals surface area contributed by atoms with Gasteiger partial charge in [0.05, 0.1) is 0 Å². The van der Waals surface area contributed by atoms with E-state index in [1.54, 1.807) is 4.90 Å². The Hall–Kier alpha value is -1.88. The Morgan fingerprint density at radius 2 is 2.00 bits per heavy atom. The van der Waals surface area contributed by atoms with Crippen molar-refractivity contribution >= 4 is 11.9 Å². The topological polar surface area (TPSA) is 83.6 Å². The van der Waals surface area contributed by atoms with Crippen LogP contribution in [0, 0.1) is 11.8 Å². The van der Waals surface area contributed by atoms with Gasteiger partial charge in [-0.05, 0) is 24.8 Å². The van der Waals surface area contributed by atoms with E-state index < -0.39 is 11.5 Å². The number of hydrogen-bond donors (Lipinski definition) is 2. The number of hydrogen-bond acceptors (Lipinski definition) is 3. The predicted molar refractivity (Wildman–Crippen MR) is 98.1 cm³/mol. The van der Waals surface area contributed by atoms with Crippen LogP contribution in [0.25, 0.3) is 0 Å². The monoisotopic (exact) mass is 346 g/mol. The second kappa shape index (κ2) is 8.48. The van der Waals surface area contributed by atoms with Crippen molar-refractivity contribution in [2.24, 2.45) is 17.6 Å². The van der Waals surface area contributed by atoms with Crippen molar-refractivity contribution < 1.29 is 14.7 Å². The molecule has 1 unspecified atom stereocenters. The number of amides is 1. The van der Waals surface area contributed by atoms with Crippen LogP contribution < -0.4 is 5.73 Å². The number of carbonyl (C=O) groups is 2. The molecule has 0 aliphatic carbocycles. The highest BCUT2D eigenvalue weighted by atomic mass is 16.4. The van der Waals surface area contributed by atoms with Crippen molar-refractivity contribution in [2.45, 2.75) is 51.5 Å². The first-order valence-electron chi connectivity index (χ1n) is 9.27. The summed E-state index contributed by atoms with van der Waals surface area (Å²) in [4.78, 5) is 26.4. The highest BCUT2D eigenvalue weighted by Gasteiger charge is 2.50. The summed E-state index contributed by atoms with van der Waals surface area (Å²) in [6.45, 7) is 4.64. The van der Waals surface area contributed by atoms with Gasteiger partial charge in [-0.15, -0.1) is 0 Å². The minimum absolute atomic E-state index is 0.0291. The molecule has 1 saturated heterocycles. The highest BCUT2D eigenvalue weighted by Crippen LogP contribution is 2.32. The Kier molecular flexibility index (Phi) is 6.59. The van der Waals surface area contributed by atoms with Gasteiger partial charge in [-0.3, -0.25) is 9.59 Å². The molecule has 2 rings (SSSR count). The average molecular weight is 346 g/mol. The second-order valence-electron chi connectivity index (χ2n) is 7.20. The summed E-state index contributed by atoms with van der Waals surface area (Å²) in [5.41, 5.74) is 6.02. The minimum Gasteiger partial charge on any atom is -0.480 e. The van der Waals surface area contributed by atoms with Gasteiger partial charge in [0.1, 0.15) is 5.54 Å². The van der Waals surface area contributed by atoms with Gasteiger partial charge in [-0.2, -0.15) is 0 Å². The fraction of sp³-hybridized carbons (Fsp3) is 0.600. The van der Waals surface area contributed by atoms with E-state index in [0.717, 1.165) is 31.2 Å². The molecule has 3 atom stereocenters. The van der Waals surface area contributed by atoms with E-state index in [2.05, 4.69) is 6.92 Å².